The van der Waals surface area contributed by atoms with Crippen molar-refractivity contribution in [3.63, 3.8) is 0 Å². The smallest absolute Gasteiger partial charge is 0.416 e. The highest BCUT2D eigenvalue weighted by atomic mass is 19.4. The van der Waals surface area contributed by atoms with Crippen molar-refractivity contribution in [3.05, 3.63) is 107 Å². The van der Waals surface area contributed by atoms with Gasteiger partial charge in [-0.3, -0.25) is 4.90 Å². The van der Waals surface area contributed by atoms with E-state index in [-0.39, 0.29) is 44.3 Å². The summed E-state index contributed by atoms with van der Waals surface area (Å²) in [6, 6.07) is 18.0. The first-order chi connectivity index (χ1) is 21.8. The molecule has 7 nitrogen and oxygen atoms in total. The highest BCUT2D eigenvalue weighted by Gasteiger charge is 2.53. The predicted octanol–water partition coefficient (Wildman–Crippen LogP) is 8.00. The third kappa shape index (κ3) is 7.24. The highest BCUT2D eigenvalue weighted by molar-refractivity contribution is 5.72. The SMILES string of the molecule is C[C@@H](OCC1(c2ccccc2)CC[C@@H]2NC(=O)OCCC2N1C(=O)OCc1ccccc1)c1cc(C(F)(F)F)cc(C(F)(F)F)c1. The lowest BCUT2D eigenvalue weighted by Gasteiger charge is -2.53. The van der Waals surface area contributed by atoms with Crippen LogP contribution in [0.1, 0.15) is 60.1 Å². The summed E-state index contributed by atoms with van der Waals surface area (Å²) in [5.74, 6) is 0. The number of carbonyl (C=O) groups excluding carboxylic acids is 2. The van der Waals surface area contributed by atoms with Gasteiger partial charge < -0.3 is 19.5 Å². The molecular formula is C33H32F6N2O5. The van der Waals surface area contributed by atoms with Gasteiger partial charge in [0.2, 0.25) is 0 Å². The largest absolute Gasteiger partial charge is 0.449 e. The zero-order chi connectivity index (χ0) is 33.1. The summed E-state index contributed by atoms with van der Waals surface area (Å²) < 4.78 is 98.8. The fourth-order valence-corrected chi connectivity index (χ4v) is 6.10. The molecule has 5 rings (SSSR count). The summed E-state index contributed by atoms with van der Waals surface area (Å²) in [6.45, 7) is 0.997. The Morgan fingerprint density at radius 2 is 1.57 bits per heavy atom. The van der Waals surface area contributed by atoms with Crippen LogP contribution in [0.3, 0.4) is 0 Å². The molecule has 3 aromatic rings. The molecule has 2 aliphatic heterocycles. The number of hydrogen-bond donors (Lipinski definition) is 1. The van der Waals surface area contributed by atoms with E-state index in [9.17, 15) is 35.9 Å². The zero-order valence-corrected chi connectivity index (χ0v) is 24.7. The Morgan fingerprint density at radius 3 is 2.17 bits per heavy atom. The Kier molecular flexibility index (Phi) is 9.52. The molecule has 3 aromatic carbocycles. The molecule has 46 heavy (non-hydrogen) atoms. The van der Waals surface area contributed by atoms with Gasteiger partial charge in [-0.05, 0) is 54.7 Å². The van der Waals surface area contributed by atoms with E-state index in [2.05, 4.69) is 5.32 Å². The molecule has 13 heteroatoms. The van der Waals surface area contributed by atoms with Crippen LogP contribution < -0.4 is 5.32 Å². The van der Waals surface area contributed by atoms with Gasteiger partial charge >= 0.3 is 24.5 Å². The molecule has 2 unspecified atom stereocenters. The number of fused-ring (bicyclic) bond motifs is 1. The highest BCUT2D eigenvalue weighted by Crippen LogP contribution is 2.44. The van der Waals surface area contributed by atoms with Crippen molar-refractivity contribution in [2.75, 3.05) is 13.2 Å². The van der Waals surface area contributed by atoms with E-state index in [0.717, 1.165) is 5.56 Å². The zero-order valence-electron chi connectivity index (χ0n) is 24.7. The number of halogens is 6. The van der Waals surface area contributed by atoms with Crippen LogP contribution in [-0.2, 0) is 38.7 Å². The van der Waals surface area contributed by atoms with E-state index in [4.69, 9.17) is 14.2 Å². The number of rotatable bonds is 7. The van der Waals surface area contributed by atoms with Crippen molar-refractivity contribution in [3.8, 4) is 0 Å². The molecule has 2 fully saturated rings. The van der Waals surface area contributed by atoms with Crippen molar-refractivity contribution >= 4 is 12.2 Å². The maximum absolute atomic E-state index is 14.1. The molecule has 2 saturated heterocycles. The number of nitrogens with one attached hydrogen (secondary N) is 1. The summed E-state index contributed by atoms with van der Waals surface area (Å²) in [5, 5.41) is 2.80. The van der Waals surface area contributed by atoms with Crippen molar-refractivity contribution < 1.29 is 50.1 Å². The minimum Gasteiger partial charge on any atom is -0.449 e. The van der Waals surface area contributed by atoms with Crippen LogP contribution in [0.25, 0.3) is 0 Å². The number of carbonyl (C=O) groups is 2. The van der Waals surface area contributed by atoms with Gasteiger partial charge in [-0.2, -0.15) is 26.3 Å². The second-order valence-electron chi connectivity index (χ2n) is 11.4. The van der Waals surface area contributed by atoms with Crippen LogP contribution in [0.5, 0.6) is 0 Å². The van der Waals surface area contributed by atoms with Gasteiger partial charge in [-0.1, -0.05) is 60.7 Å². The first kappa shape index (κ1) is 33.1. The Labute approximate surface area is 261 Å². The van der Waals surface area contributed by atoms with E-state index < -0.39 is 59.4 Å². The second kappa shape index (κ2) is 13.2. The summed E-state index contributed by atoms with van der Waals surface area (Å²) in [7, 11) is 0. The average molecular weight is 651 g/mol. The fraction of sp³-hybridized carbons (Fsp3) is 0.394. The van der Waals surface area contributed by atoms with Crippen LogP contribution >= 0.6 is 0 Å². The molecule has 0 spiro atoms. The van der Waals surface area contributed by atoms with Crippen LogP contribution in [0, 0.1) is 0 Å². The number of hydrogen-bond acceptors (Lipinski definition) is 5. The summed E-state index contributed by atoms with van der Waals surface area (Å²) >= 11 is 0. The molecule has 2 aliphatic rings. The van der Waals surface area contributed by atoms with Crippen LogP contribution in [-0.4, -0.2) is 42.4 Å². The monoisotopic (exact) mass is 650 g/mol. The van der Waals surface area contributed by atoms with Gasteiger partial charge in [0.25, 0.3) is 0 Å². The number of piperidine rings is 1. The van der Waals surface area contributed by atoms with Gasteiger partial charge in [0, 0.05) is 6.42 Å². The number of ether oxygens (including phenoxy) is 3. The molecule has 1 N–H and O–H groups in total. The standard InChI is InChI=1S/C33H32F6N2O5/c1-21(23-16-25(32(34,35)36)18-26(17-23)33(37,38)39)46-20-31(24-10-6-3-7-11-24)14-12-27-28(13-15-44-29(42)40-27)41(31)30(43)45-19-22-8-4-2-5-9-22/h2-11,16-18,21,27-28H,12-15,19-20H2,1H3,(H,40,42)/t21-,27+,28?,31?/m1/s1. The maximum atomic E-state index is 14.1. The molecule has 0 radical (unpaired) electrons. The summed E-state index contributed by atoms with van der Waals surface area (Å²) in [6.07, 6.45) is -11.8. The number of cyclic esters (lactones) is 1. The van der Waals surface area contributed by atoms with Gasteiger partial charge in [-0.15, -0.1) is 0 Å². The number of amides is 2. The normalized spacial score (nSPS) is 22.6. The number of alkyl halides is 6. The lowest BCUT2D eigenvalue weighted by molar-refractivity contribution is -0.143. The number of likely N-dealkylation sites (tertiary alicyclic amines) is 1. The van der Waals surface area contributed by atoms with Gasteiger partial charge in [0.05, 0.1) is 48.1 Å². The molecule has 0 aromatic heterocycles. The van der Waals surface area contributed by atoms with E-state index in [1.54, 1.807) is 54.6 Å². The Hall–Kier alpha value is -4.26. The van der Waals surface area contributed by atoms with Crippen LogP contribution in [0.4, 0.5) is 35.9 Å². The number of benzene rings is 3. The van der Waals surface area contributed by atoms with E-state index >= 15 is 0 Å². The second-order valence-corrected chi connectivity index (χ2v) is 11.4. The number of alkyl carbamates (subject to hydrolysis) is 1. The van der Waals surface area contributed by atoms with Crippen molar-refractivity contribution in [1.82, 2.24) is 10.2 Å². The predicted molar refractivity (Wildman–Crippen MR) is 153 cm³/mol. The molecule has 4 atom stereocenters. The van der Waals surface area contributed by atoms with Crippen LogP contribution in [0.2, 0.25) is 0 Å². The van der Waals surface area contributed by atoms with Gasteiger partial charge in [0.15, 0.2) is 0 Å². The fourth-order valence-electron chi connectivity index (χ4n) is 6.10. The van der Waals surface area contributed by atoms with Crippen LogP contribution in [0.15, 0.2) is 78.9 Å². The molecule has 2 heterocycles. The van der Waals surface area contributed by atoms with Crippen molar-refractivity contribution in [2.45, 2.75) is 68.9 Å². The third-order valence-electron chi connectivity index (χ3n) is 8.44. The third-order valence-corrected chi connectivity index (χ3v) is 8.44. The minimum absolute atomic E-state index is 0.00203. The lowest BCUT2D eigenvalue weighted by Crippen LogP contribution is -2.65. The quantitative estimate of drug-likeness (QED) is 0.263. The Balaban J connectivity index is 1.53. The molecule has 2 amide bonds. The summed E-state index contributed by atoms with van der Waals surface area (Å²) in [4.78, 5) is 27.8. The van der Waals surface area contributed by atoms with E-state index in [0.29, 0.717) is 24.1 Å². The van der Waals surface area contributed by atoms with Crippen molar-refractivity contribution in [2.24, 2.45) is 0 Å². The average Bonchev–Trinajstić information content (AvgIpc) is 3.22. The summed E-state index contributed by atoms with van der Waals surface area (Å²) in [5.41, 5.74) is -3.16. The molecule has 0 bridgehead atoms. The molecule has 246 valence electrons. The first-order valence-electron chi connectivity index (χ1n) is 14.7. The number of nitrogens with zero attached hydrogens (tertiary/aromatic N) is 1. The van der Waals surface area contributed by atoms with Gasteiger partial charge in [0.1, 0.15) is 6.61 Å². The van der Waals surface area contributed by atoms with Crippen molar-refractivity contribution in [1.29, 1.82) is 0 Å². The Bertz CT molecular complexity index is 1490. The van der Waals surface area contributed by atoms with E-state index in [1.165, 1.54) is 11.8 Å². The maximum Gasteiger partial charge on any atom is 0.416 e. The molecule has 0 saturated carbocycles. The lowest BCUT2D eigenvalue weighted by atomic mass is 9.76. The molecule has 0 aliphatic carbocycles. The topological polar surface area (TPSA) is 77.1 Å². The first-order valence-corrected chi connectivity index (χ1v) is 14.7. The van der Waals surface area contributed by atoms with Gasteiger partial charge in [-0.25, -0.2) is 9.59 Å². The Morgan fingerprint density at radius 1 is 0.957 bits per heavy atom. The minimum atomic E-state index is -5.02. The molecular weight excluding hydrogens is 618 g/mol. The van der Waals surface area contributed by atoms with E-state index in [1.807, 2.05) is 6.07 Å².